The number of aryl methyl sites for hydroxylation is 1. The van der Waals surface area contributed by atoms with Gasteiger partial charge in [-0.15, -0.1) is 5.10 Å². The van der Waals surface area contributed by atoms with Gasteiger partial charge < -0.3 is 19.9 Å². The molecule has 3 aromatic heterocycles. The first kappa shape index (κ1) is 27.0. The summed E-state index contributed by atoms with van der Waals surface area (Å²) in [6, 6.07) is 12.2. The van der Waals surface area contributed by atoms with Gasteiger partial charge in [0.15, 0.2) is 17.5 Å². The van der Waals surface area contributed by atoms with Crippen LogP contribution in [0.2, 0.25) is 0 Å². The molecule has 1 aliphatic heterocycles. The molecule has 6 rings (SSSR count). The number of rotatable bonds is 7. The van der Waals surface area contributed by atoms with Crippen molar-refractivity contribution in [2.24, 2.45) is 7.05 Å². The minimum absolute atomic E-state index is 0.0680. The Hall–Kier alpha value is -5.20. The Kier molecular flexibility index (Phi) is 6.85. The molecule has 0 spiro atoms. The van der Waals surface area contributed by atoms with Crippen molar-refractivity contribution >= 4 is 45.3 Å². The van der Waals surface area contributed by atoms with Crippen LogP contribution in [0.4, 0.5) is 26.1 Å². The average molecular weight is 572 g/mol. The van der Waals surface area contributed by atoms with Crippen LogP contribution in [0.1, 0.15) is 12.0 Å². The van der Waals surface area contributed by atoms with Gasteiger partial charge in [-0.25, -0.2) is 28.4 Å². The number of hydrogen-bond acceptors (Lipinski definition) is 9. The number of nitrogens with zero attached hydrogens (tertiary/aromatic N) is 8. The lowest BCUT2D eigenvalue weighted by molar-refractivity contribution is -0.127. The quantitative estimate of drug-likeness (QED) is 0.275. The van der Waals surface area contributed by atoms with Crippen LogP contribution < -0.4 is 15.0 Å². The standard InChI is InChI=1S/C29H27F2N9O2/c1-16-24(42-19-5-8-23-22(13-19)36-37-39(23)4)9-6-20(26(16)31)34-28-27-21(32-15-33-28)7-10-25(35-27)38(3)18-11-12-40(14-18)29(41)17(2)30/h5-10,13,15,18H,2,11-12,14H2,1,3-4H3,(H,32,33,34). The Balaban J connectivity index is 1.23. The lowest BCUT2D eigenvalue weighted by Crippen LogP contribution is -2.37. The van der Waals surface area contributed by atoms with Crippen LogP contribution in [-0.4, -0.2) is 66.9 Å². The van der Waals surface area contributed by atoms with E-state index in [-0.39, 0.29) is 11.7 Å². The number of fused-ring (bicyclic) bond motifs is 2. The van der Waals surface area contributed by atoms with Crippen LogP contribution in [0.3, 0.4) is 0 Å². The summed E-state index contributed by atoms with van der Waals surface area (Å²) in [6.07, 6.45) is 2.03. The molecule has 2 aromatic carbocycles. The van der Waals surface area contributed by atoms with Crippen LogP contribution >= 0.6 is 0 Å². The van der Waals surface area contributed by atoms with Gasteiger partial charge in [-0.3, -0.25) is 4.79 Å². The average Bonchev–Trinajstić information content (AvgIpc) is 3.63. The topological polar surface area (TPSA) is 114 Å². The maximum Gasteiger partial charge on any atom is 0.282 e. The SMILES string of the molecule is C=C(F)C(=O)N1CCC(N(C)c2ccc3ncnc(Nc4ccc(Oc5ccc6c(c5)nnn6C)c(C)c4F)c3n2)C1. The molecule has 4 heterocycles. The smallest absolute Gasteiger partial charge is 0.282 e. The first-order valence-electron chi connectivity index (χ1n) is 13.2. The van der Waals surface area contributed by atoms with Gasteiger partial charge >= 0.3 is 0 Å². The third-order valence-corrected chi connectivity index (χ3v) is 7.46. The van der Waals surface area contributed by atoms with Gasteiger partial charge in [-0.1, -0.05) is 11.8 Å². The fourth-order valence-electron chi connectivity index (χ4n) is 5.03. The number of amides is 1. The summed E-state index contributed by atoms with van der Waals surface area (Å²) >= 11 is 0. The normalized spacial score (nSPS) is 14.9. The van der Waals surface area contributed by atoms with E-state index >= 15 is 4.39 Å². The molecule has 1 saturated heterocycles. The van der Waals surface area contributed by atoms with Gasteiger partial charge in [0, 0.05) is 44.9 Å². The zero-order valence-electron chi connectivity index (χ0n) is 23.2. The van der Waals surface area contributed by atoms with Crippen molar-refractivity contribution in [3.8, 4) is 11.5 Å². The monoisotopic (exact) mass is 571 g/mol. The number of aromatic nitrogens is 6. The summed E-state index contributed by atoms with van der Waals surface area (Å²) in [7, 11) is 3.66. The number of anilines is 3. The van der Waals surface area contributed by atoms with Crippen molar-refractivity contribution < 1.29 is 18.3 Å². The van der Waals surface area contributed by atoms with Gasteiger partial charge in [0.1, 0.15) is 34.7 Å². The van der Waals surface area contributed by atoms with E-state index in [1.54, 1.807) is 49.0 Å². The van der Waals surface area contributed by atoms with E-state index in [1.807, 2.05) is 24.1 Å². The molecule has 214 valence electrons. The molecule has 1 fully saturated rings. The minimum atomic E-state index is -0.972. The number of halogens is 2. The molecule has 5 aromatic rings. The number of pyridine rings is 1. The van der Waals surface area contributed by atoms with Crippen molar-refractivity contribution in [3.05, 3.63) is 72.6 Å². The van der Waals surface area contributed by atoms with E-state index in [1.165, 1.54) is 11.2 Å². The highest BCUT2D eigenvalue weighted by atomic mass is 19.1. The molecule has 1 atom stereocenters. The number of nitrogens with one attached hydrogen (secondary N) is 1. The van der Waals surface area contributed by atoms with Crippen molar-refractivity contribution in [1.29, 1.82) is 0 Å². The van der Waals surface area contributed by atoms with Crippen LogP contribution in [-0.2, 0) is 11.8 Å². The van der Waals surface area contributed by atoms with E-state index in [2.05, 4.69) is 32.2 Å². The van der Waals surface area contributed by atoms with E-state index in [0.717, 1.165) is 5.52 Å². The zero-order chi connectivity index (χ0) is 29.5. The fraction of sp³-hybridized carbons (Fsp3) is 0.241. The van der Waals surface area contributed by atoms with Gasteiger partial charge in [0.05, 0.1) is 16.7 Å². The maximum absolute atomic E-state index is 15.6. The van der Waals surface area contributed by atoms with E-state index in [4.69, 9.17) is 9.72 Å². The van der Waals surface area contributed by atoms with Crippen molar-refractivity contribution in [3.63, 3.8) is 0 Å². The minimum Gasteiger partial charge on any atom is -0.457 e. The third kappa shape index (κ3) is 4.93. The second kappa shape index (κ2) is 10.7. The number of hydrogen-bond donors (Lipinski definition) is 1. The summed E-state index contributed by atoms with van der Waals surface area (Å²) < 4.78 is 36.6. The number of ether oxygens (including phenoxy) is 1. The number of carbonyl (C=O) groups excluding carboxylic acids is 1. The number of likely N-dealkylation sites (N-methyl/N-ethyl adjacent to an activating group) is 1. The number of likely N-dealkylation sites (tertiary alicyclic amines) is 1. The zero-order valence-corrected chi connectivity index (χ0v) is 23.2. The predicted octanol–water partition coefficient (Wildman–Crippen LogP) is 4.81. The van der Waals surface area contributed by atoms with Gasteiger partial charge in [0.2, 0.25) is 0 Å². The molecule has 1 amide bonds. The molecule has 1 N–H and O–H groups in total. The van der Waals surface area contributed by atoms with E-state index in [0.29, 0.717) is 64.8 Å². The van der Waals surface area contributed by atoms with Crippen LogP contribution in [0.5, 0.6) is 11.5 Å². The summed E-state index contributed by atoms with van der Waals surface area (Å²) in [5.74, 6) is -0.363. The summed E-state index contributed by atoms with van der Waals surface area (Å²) in [5, 5.41) is 11.1. The largest absolute Gasteiger partial charge is 0.457 e. The Morgan fingerprint density at radius 1 is 1.17 bits per heavy atom. The highest BCUT2D eigenvalue weighted by molar-refractivity contribution is 5.91. The maximum atomic E-state index is 15.6. The molecule has 0 radical (unpaired) electrons. The summed E-state index contributed by atoms with van der Waals surface area (Å²) in [5.41, 5.74) is 3.04. The lowest BCUT2D eigenvalue weighted by Gasteiger charge is -2.26. The Labute approximate surface area is 239 Å². The highest BCUT2D eigenvalue weighted by Crippen LogP contribution is 2.34. The molecule has 42 heavy (non-hydrogen) atoms. The number of benzene rings is 2. The highest BCUT2D eigenvalue weighted by Gasteiger charge is 2.31. The Bertz CT molecular complexity index is 1860. The number of carbonyl (C=O) groups is 1. The third-order valence-electron chi connectivity index (χ3n) is 7.46. The fourth-order valence-corrected chi connectivity index (χ4v) is 5.03. The second-order valence-corrected chi connectivity index (χ2v) is 10.1. The van der Waals surface area contributed by atoms with Crippen LogP contribution in [0.25, 0.3) is 22.1 Å². The molecule has 13 heteroatoms. The molecule has 0 bridgehead atoms. The lowest BCUT2D eigenvalue weighted by atomic mass is 10.1. The Morgan fingerprint density at radius 2 is 2.00 bits per heavy atom. The summed E-state index contributed by atoms with van der Waals surface area (Å²) in [6.45, 7) is 5.51. The molecular weight excluding hydrogens is 544 g/mol. The van der Waals surface area contributed by atoms with E-state index in [9.17, 15) is 9.18 Å². The summed E-state index contributed by atoms with van der Waals surface area (Å²) in [4.78, 5) is 28.8. The first-order valence-corrected chi connectivity index (χ1v) is 13.2. The Morgan fingerprint density at radius 3 is 2.81 bits per heavy atom. The van der Waals surface area contributed by atoms with Crippen molar-refractivity contribution in [1.82, 2.24) is 34.8 Å². The van der Waals surface area contributed by atoms with Crippen LogP contribution in [0, 0.1) is 12.7 Å². The molecule has 1 unspecified atom stereocenters. The van der Waals surface area contributed by atoms with Crippen molar-refractivity contribution in [2.45, 2.75) is 19.4 Å². The van der Waals surface area contributed by atoms with Crippen molar-refractivity contribution in [2.75, 3.05) is 30.4 Å². The molecular formula is C29H27F2N9O2. The van der Waals surface area contributed by atoms with Crippen LogP contribution in [0.15, 0.2) is 61.2 Å². The first-order chi connectivity index (χ1) is 20.2. The van der Waals surface area contributed by atoms with Gasteiger partial charge in [-0.05, 0) is 49.7 Å². The molecule has 0 aliphatic carbocycles. The van der Waals surface area contributed by atoms with Gasteiger partial charge in [0.25, 0.3) is 5.91 Å². The second-order valence-electron chi connectivity index (χ2n) is 10.1. The van der Waals surface area contributed by atoms with E-state index < -0.39 is 17.6 Å². The molecule has 0 saturated carbocycles. The van der Waals surface area contributed by atoms with Gasteiger partial charge in [-0.2, -0.15) is 0 Å². The predicted molar refractivity (Wildman–Crippen MR) is 154 cm³/mol. The molecule has 1 aliphatic rings. The molecule has 11 nitrogen and oxygen atoms in total.